The van der Waals surface area contributed by atoms with Gasteiger partial charge in [0.2, 0.25) is 0 Å². The summed E-state index contributed by atoms with van der Waals surface area (Å²) >= 11 is 0. The standard InChI is InChI=1S/C25H28N2O9S/c1-15-8-10-18(11-9-15)37(32,33)35-14-19(34-13-17-6-4-3-5-7-17)22-20(28)21(29)24(36-22)27-12-16(2)23(30)26-25(27)31/h3-12,19-22,24,28-29H,13-14H2,1-2H3,(H,26,30,31)/t19?,20-,21?,22+,24+/m0/s1. The number of nitrogens with zero attached hydrogens (tertiary/aromatic N) is 1. The van der Waals surface area contributed by atoms with Gasteiger partial charge in [-0.1, -0.05) is 48.0 Å². The Bertz CT molecular complexity index is 1440. The minimum Gasteiger partial charge on any atom is -0.387 e. The Labute approximate surface area is 213 Å². The van der Waals surface area contributed by atoms with E-state index in [0.29, 0.717) is 0 Å². The fraction of sp³-hybridized carbons (Fsp3) is 0.360. The molecule has 2 aromatic carbocycles. The molecule has 1 aliphatic rings. The maximum Gasteiger partial charge on any atom is 0.330 e. The Hall–Kier alpha value is -3.13. The van der Waals surface area contributed by atoms with Crippen LogP contribution in [-0.4, -0.2) is 59.2 Å². The molecule has 4 rings (SSSR count). The summed E-state index contributed by atoms with van der Waals surface area (Å²) in [4.78, 5) is 26.2. The van der Waals surface area contributed by atoms with Crippen molar-refractivity contribution in [3.8, 4) is 0 Å². The van der Waals surface area contributed by atoms with Crippen molar-refractivity contribution in [2.45, 2.75) is 56.0 Å². The molecule has 2 heterocycles. The maximum absolute atomic E-state index is 12.8. The molecule has 37 heavy (non-hydrogen) atoms. The molecule has 0 bridgehead atoms. The van der Waals surface area contributed by atoms with Crippen LogP contribution in [0.3, 0.4) is 0 Å². The summed E-state index contributed by atoms with van der Waals surface area (Å²) in [5.41, 5.74) is 0.402. The first kappa shape index (κ1) is 26.9. The Morgan fingerprint density at radius 1 is 1.03 bits per heavy atom. The van der Waals surface area contributed by atoms with Crippen molar-refractivity contribution in [3.05, 3.63) is 98.3 Å². The third-order valence-electron chi connectivity index (χ3n) is 6.07. The highest BCUT2D eigenvalue weighted by Gasteiger charge is 2.48. The molecule has 1 fully saturated rings. The van der Waals surface area contributed by atoms with Gasteiger partial charge in [0.25, 0.3) is 15.7 Å². The summed E-state index contributed by atoms with van der Waals surface area (Å²) in [5.74, 6) is 0. The van der Waals surface area contributed by atoms with Crippen molar-refractivity contribution in [2.24, 2.45) is 0 Å². The molecule has 11 nitrogen and oxygen atoms in total. The molecule has 12 heteroatoms. The second-order valence-electron chi connectivity index (χ2n) is 8.84. The summed E-state index contributed by atoms with van der Waals surface area (Å²) in [7, 11) is -4.17. The molecule has 1 aromatic heterocycles. The van der Waals surface area contributed by atoms with Crippen LogP contribution in [0.1, 0.15) is 22.9 Å². The maximum atomic E-state index is 12.8. The van der Waals surface area contributed by atoms with Crippen molar-refractivity contribution in [1.29, 1.82) is 0 Å². The summed E-state index contributed by atoms with van der Waals surface area (Å²) in [6, 6.07) is 15.1. The van der Waals surface area contributed by atoms with Gasteiger partial charge in [-0.05, 0) is 31.5 Å². The van der Waals surface area contributed by atoms with Crippen molar-refractivity contribution in [3.63, 3.8) is 0 Å². The molecule has 0 aliphatic carbocycles. The average Bonchev–Trinajstić information content (AvgIpc) is 3.16. The number of aromatic amines is 1. The van der Waals surface area contributed by atoms with Crippen LogP contribution >= 0.6 is 0 Å². The lowest BCUT2D eigenvalue weighted by molar-refractivity contribution is -0.123. The number of nitrogens with one attached hydrogen (secondary N) is 1. The molecular formula is C25H28N2O9S. The fourth-order valence-electron chi connectivity index (χ4n) is 3.94. The number of aromatic nitrogens is 2. The fourth-order valence-corrected chi connectivity index (χ4v) is 4.86. The molecule has 0 radical (unpaired) electrons. The van der Waals surface area contributed by atoms with Gasteiger partial charge in [0.1, 0.15) is 24.4 Å². The van der Waals surface area contributed by atoms with E-state index in [9.17, 15) is 28.2 Å². The van der Waals surface area contributed by atoms with E-state index in [4.69, 9.17) is 13.7 Å². The van der Waals surface area contributed by atoms with Gasteiger partial charge in [-0.25, -0.2) is 4.79 Å². The molecular weight excluding hydrogens is 504 g/mol. The Balaban J connectivity index is 1.58. The van der Waals surface area contributed by atoms with Gasteiger partial charge in [0, 0.05) is 11.8 Å². The van der Waals surface area contributed by atoms with Crippen molar-refractivity contribution in [1.82, 2.24) is 9.55 Å². The molecule has 5 atom stereocenters. The molecule has 198 valence electrons. The number of hydrogen-bond acceptors (Lipinski definition) is 9. The predicted octanol–water partition coefficient (Wildman–Crippen LogP) is 0.764. The van der Waals surface area contributed by atoms with Gasteiger partial charge >= 0.3 is 5.69 Å². The number of aliphatic hydroxyl groups is 2. The molecule has 2 unspecified atom stereocenters. The van der Waals surface area contributed by atoms with Gasteiger partial charge in [-0.15, -0.1) is 0 Å². The highest BCUT2D eigenvalue weighted by atomic mass is 32.2. The first-order valence-corrected chi connectivity index (χ1v) is 12.9. The van der Waals surface area contributed by atoms with E-state index in [2.05, 4.69) is 4.98 Å². The van der Waals surface area contributed by atoms with Crippen LogP contribution in [-0.2, 0) is 30.4 Å². The van der Waals surface area contributed by atoms with Gasteiger partial charge in [0.15, 0.2) is 6.23 Å². The Kier molecular flexibility index (Phi) is 8.07. The van der Waals surface area contributed by atoms with Crippen molar-refractivity contribution >= 4 is 10.1 Å². The summed E-state index contributed by atoms with van der Waals surface area (Å²) < 4.78 is 43.5. The quantitative estimate of drug-likeness (QED) is 0.339. The third kappa shape index (κ3) is 6.06. The van der Waals surface area contributed by atoms with E-state index in [0.717, 1.165) is 15.7 Å². The molecule has 3 aromatic rings. The number of H-pyrrole nitrogens is 1. The largest absolute Gasteiger partial charge is 0.387 e. The topological polar surface area (TPSA) is 157 Å². The third-order valence-corrected chi connectivity index (χ3v) is 7.36. The van der Waals surface area contributed by atoms with Crippen LogP contribution in [0.5, 0.6) is 0 Å². The van der Waals surface area contributed by atoms with Gasteiger partial charge in [-0.3, -0.25) is 18.5 Å². The lowest BCUT2D eigenvalue weighted by Crippen LogP contribution is -2.43. The van der Waals surface area contributed by atoms with E-state index in [1.54, 1.807) is 36.4 Å². The van der Waals surface area contributed by atoms with E-state index in [-0.39, 0.29) is 17.1 Å². The molecule has 1 saturated heterocycles. The lowest BCUT2D eigenvalue weighted by atomic mass is 10.1. The minimum absolute atomic E-state index is 0.0322. The SMILES string of the molecule is Cc1ccc(S(=O)(=O)OCC(OCc2ccccc2)[C@H]2O[C@@H](n3cc(C)c(=O)[nH]c3=O)C(O)[C@@H]2O)cc1. The Morgan fingerprint density at radius 2 is 1.70 bits per heavy atom. The number of hydrogen-bond donors (Lipinski definition) is 3. The van der Waals surface area contributed by atoms with Gasteiger partial charge in [-0.2, -0.15) is 8.42 Å². The van der Waals surface area contributed by atoms with Crippen molar-refractivity contribution in [2.75, 3.05) is 6.61 Å². The molecule has 0 saturated carbocycles. The second kappa shape index (κ2) is 11.1. The number of aliphatic hydroxyl groups excluding tert-OH is 2. The second-order valence-corrected chi connectivity index (χ2v) is 10.5. The monoisotopic (exact) mass is 532 g/mol. The summed E-state index contributed by atoms with van der Waals surface area (Å²) in [6.45, 7) is 2.79. The van der Waals surface area contributed by atoms with E-state index in [1.165, 1.54) is 25.3 Å². The van der Waals surface area contributed by atoms with E-state index in [1.807, 2.05) is 13.0 Å². The van der Waals surface area contributed by atoms with E-state index < -0.39 is 58.6 Å². The van der Waals surface area contributed by atoms with E-state index >= 15 is 0 Å². The highest BCUT2D eigenvalue weighted by Crippen LogP contribution is 2.32. The first-order chi connectivity index (χ1) is 17.6. The van der Waals surface area contributed by atoms with Crippen LogP contribution in [0, 0.1) is 13.8 Å². The molecule has 3 N–H and O–H groups in total. The zero-order valence-electron chi connectivity index (χ0n) is 20.2. The number of rotatable bonds is 9. The molecule has 0 spiro atoms. The lowest BCUT2D eigenvalue weighted by Gasteiger charge is -2.26. The van der Waals surface area contributed by atoms with Crippen LogP contribution in [0.4, 0.5) is 0 Å². The number of aryl methyl sites for hydroxylation is 2. The zero-order chi connectivity index (χ0) is 26.7. The smallest absolute Gasteiger partial charge is 0.330 e. The summed E-state index contributed by atoms with van der Waals surface area (Å²) in [5, 5.41) is 21.5. The Morgan fingerprint density at radius 3 is 2.38 bits per heavy atom. The normalized spacial score (nSPS) is 22.7. The predicted molar refractivity (Wildman–Crippen MR) is 131 cm³/mol. The molecule has 0 amide bonds. The minimum atomic E-state index is -4.17. The van der Waals surface area contributed by atoms with Crippen LogP contribution < -0.4 is 11.2 Å². The number of benzene rings is 2. The van der Waals surface area contributed by atoms with Crippen LogP contribution in [0.2, 0.25) is 0 Å². The average molecular weight is 533 g/mol. The molecule has 1 aliphatic heterocycles. The van der Waals surface area contributed by atoms with Crippen molar-refractivity contribution < 1.29 is 32.3 Å². The van der Waals surface area contributed by atoms with Crippen LogP contribution in [0.25, 0.3) is 0 Å². The number of ether oxygens (including phenoxy) is 2. The summed E-state index contributed by atoms with van der Waals surface area (Å²) in [6.07, 6.45) is -5.71. The van der Waals surface area contributed by atoms with Crippen LogP contribution in [0.15, 0.2) is 75.3 Å². The van der Waals surface area contributed by atoms with Gasteiger partial charge < -0.3 is 19.7 Å². The zero-order valence-corrected chi connectivity index (χ0v) is 21.0. The first-order valence-electron chi connectivity index (χ1n) is 11.5. The van der Waals surface area contributed by atoms with Gasteiger partial charge in [0.05, 0.1) is 18.1 Å². The highest BCUT2D eigenvalue weighted by molar-refractivity contribution is 7.86.